The minimum atomic E-state index is 0.297. The van der Waals surface area contributed by atoms with E-state index in [-0.39, 0.29) is 0 Å². The van der Waals surface area contributed by atoms with Crippen molar-refractivity contribution < 1.29 is 0 Å². The number of aliphatic imine (C=N–C) groups is 1. The van der Waals surface area contributed by atoms with Crippen molar-refractivity contribution in [2.24, 2.45) is 4.99 Å². The predicted octanol–water partition coefficient (Wildman–Crippen LogP) is 4.80. The second-order valence-electron chi connectivity index (χ2n) is 5.02. The molecule has 0 aliphatic rings. The summed E-state index contributed by atoms with van der Waals surface area (Å²) < 4.78 is 0. The number of nitrogens with zero attached hydrogens (tertiary/aromatic N) is 1. The van der Waals surface area contributed by atoms with Crippen LogP contribution >= 0.6 is 0 Å². The minimum absolute atomic E-state index is 0.297. The third kappa shape index (κ3) is 3.75. The Morgan fingerprint density at radius 2 is 1.68 bits per heavy atom. The Morgan fingerprint density at radius 1 is 1.11 bits per heavy atom. The van der Waals surface area contributed by atoms with E-state index in [4.69, 9.17) is 5.41 Å². The first kappa shape index (κ1) is 15.1. The molecular weight excluding hydrogens is 232 g/mol. The van der Waals surface area contributed by atoms with Gasteiger partial charge in [-0.3, -0.25) is 5.41 Å². The molecule has 0 unspecified atom stereocenters. The quantitative estimate of drug-likeness (QED) is 0.594. The van der Waals surface area contributed by atoms with Crippen LogP contribution in [0.5, 0.6) is 0 Å². The van der Waals surface area contributed by atoms with E-state index in [1.807, 2.05) is 19.1 Å². The zero-order valence-electron chi connectivity index (χ0n) is 12.5. The molecule has 2 heteroatoms. The van der Waals surface area contributed by atoms with Gasteiger partial charge in [-0.1, -0.05) is 36.4 Å². The van der Waals surface area contributed by atoms with E-state index in [9.17, 15) is 0 Å². The Morgan fingerprint density at radius 3 is 2.11 bits per heavy atom. The van der Waals surface area contributed by atoms with Crippen molar-refractivity contribution in [3.63, 3.8) is 0 Å². The molecule has 19 heavy (non-hydrogen) atoms. The smallest absolute Gasteiger partial charge is 0.118 e. The fourth-order valence-corrected chi connectivity index (χ4v) is 2.02. The first-order chi connectivity index (χ1) is 8.84. The molecule has 1 rings (SSSR count). The van der Waals surface area contributed by atoms with Gasteiger partial charge >= 0.3 is 0 Å². The first-order valence-electron chi connectivity index (χ1n) is 6.38. The number of benzene rings is 1. The molecule has 0 saturated heterocycles. The van der Waals surface area contributed by atoms with E-state index in [1.165, 1.54) is 11.1 Å². The molecule has 2 nitrogen and oxygen atoms in total. The molecule has 0 aromatic heterocycles. The molecule has 0 atom stereocenters. The van der Waals surface area contributed by atoms with Crippen molar-refractivity contribution in [2.75, 3.05) is 0 Å². The molecule has 1 N–H and O–H groups in total. The molecule has 0 heterocycles. The highest BCUT2D eigenvalue weighted by molar-refractivity contribution is 6.34. The van der Waals surface area contributed by atoms with Gasteiger partial charge in [0.2, 0.25) is 0 Å². The SMILES string of the molecule is C=C(C)C(=NC(C)=N)C(=C(C)C)c1ccccc1C. The highest BCUT2D eigenvalue weighted by atomic mass is 14.8. The minimum Gasteiger partial charge on any atom is -0.287 e. The van der Waals surface area contributed by atoms with Crippen LogP contribution in [0, 0.1) is 12.3 Å². The normalized spacial score (nSPS) is 11.1. The van der Waals surface area contributed by atoms with E-state index in [0.29, 0.717) is 5.84 Å². The molecule has 1 aromatic carbocycles. The molecular formula is C17H22N2. The monoisotopic (exact) mass is 254 g/mol. The fraction of sp³-hybridized carbons (Fsp3) is 0.294. The summed E-state index contributed by atoms with van der Waals surface area (Å²) in [5, 5.41) is 7.62. The number of allylic oxidation sites excluding steroid dienone is 3. The van der Waals surface area contributed by atoms with E-state index < -0.39 is 0 Å². The number of hydrogen-bond donors (Lipinski definition) is 1. The van der Waals surface area contributed by atoms with Crippen LogP contribution in [0.4, 0.5) is 0 Å². The van der Waals surface area contributed by atoms with Crippen molar-refractivity contribution in [2.45, 2.75) is 34.6 Å². The van der Waals surface area contributed by atoms with Crippen LogP contribution in [0.1, 0.15) is 38.8 Å². The van der Waals surface area contributed by atoms with Crippen LogP contribution in [0.3, 0.4) is 0 Å². The Labute approximate surface area is 116 Å². The van der Waals surface area contributed by atoms with Gasteiger partial charge in [-0.2, -0.15) is 0 Å². The summed E-state index contributed by atoms with van der Waals surface area (Å²) in [6.45, 7) is 13.8. The van der Waals surface area contributed by atoms with Crippen LogP contribution in [0.25, 0.3) is 5.57 Å². The van der Waals surface area contributed by atoms with Crippen LogP contribution in [-0.2, 0) is 0 Å². The van der Waals surface area contributed by atoms with Crippen molar-refractivity contribution in [1.82, 2.24) is 0 Å². The average molecular weight is 254 g/mol. The predicted molar refractivity (Wildman–Crippen MR) is 85.1 cm³/mol. The molecule has 0 saturated carbocycles. The number of aryl methyl sites for hydroxylation is 1. The third-order valence-corrected chi connectivity index (χ3v) is 2.83. The lowest BCUT2D eigenvalue weighted by molar-refractivity contribution is 1.35. The second kappa shape index (κ2) is 6.28. The summed E-state index contributed by atoms with van der Waals surface area (Å²) in [6, 6.07) is 8.24. The molecule has 0 fully saturated rings. The number of rotatable bonds is 3. The van der Waals surface area contributed by atoms with E-state index >= 15 is 0 Å². The molecule has 0 amide bonds. The van der Waals surface area contributed by atoms with Crippen molar-refractivity contribution in [3.05, 3.63) is 53.1 Å². The lowest BCUT2D eigenvalue weighted by Gasteiger charge is -2.16. The topological polar surface area (TPSA) is 36.2 Å². The summed E-state index contributed by atoms with van der Waals surface area (Å²) in [5.74, 6) is 0.297. The number of hydrogen-bond acceptors (Lipinski definition) is 1. The standard InChI is InChI=1S/C17H22N2/c1-11(2)16(15-10-8-7-9-13(15)5)17(12(3)4)19-14(6)18/h7-10,18H,3H2,1-2,4-6H3. The molecule has 100 valence electrons. The number of nitrogens with one attached hydrogen (secondary N) is 1. The van der Waals surface area contributed by atoms with E-state index in [1.54, 1.807) is 6.92 Å². The maximum atomic E-state index is 7.62. The highest BCUT2D eigenvalue weighted by Crippen LogP contribution is 2.26. The maximum Gasteiger partial charge on any atom is 0.118 e. The Hall–Kier alpha value is -1.96. The molecule has 0 spiro atoms. The summed E-state index contributed by atoms with van der Waals surface area (Å²) in [4.78, 5) is 4.36. The lowest BCUT2D eigenvalue weighted by Crippen LogP contribution is -2.08. The maximum absolute atomic E-state index is 7.62. The molecule has 0 aliphatic carbocycles. The van der Waals surface area contributed by atoms with Gasteiger partial charge in [-0.15, -0.1) is 0 Å². The highest BCUT2D eigenvalue weighted by Gasteiger charge is 2.14. The largest absolute Gasteiger partial charge is 0.287 e. The Kier molecular flexibility index (Phi) is 4.99. The van der Waals surface area contributed by atoms with Gasteiger partial charge in [0.15, 0.2) is 0 Å². The summed E-state index contributed by atoms with van der Waals surface area (Å²) in [5.41, 5.74) is 6.31. The van der Waals surface area contributed by atoms with Crippen LogP contribution in [-0.4, -0.2) is 11.5 Å². The third-order valence-electron chi connectivity index (χ3n) is 2.83. The summed E-state index contributed by atoms with van der Waals surface area (Å²) >= 11 is 0. The van der Waals surface area contributed by atoms with Crippen LogP contribution in [0.15, 0.2) is 47.0 Å². The van der Waals surface area contributed by atoms with E-state index in [2.05, 4.69) is 44.5 Å². The van der Waals surface area contributed by atoms with Crippen molar-refractivity contribution in [1.29, 1.82) is 5.41 Å². The van der Waals surface area contributed by atoms with Gasteiger partial charge in [0.1, 0.15) is 5.84 Å². The van der Waals surface area contributed by atoms with Gasteiger partial charge in [-0.05, 0) is 51.3 Å². The van der Waals surface area contributed by atoms with Gasteiger partial charge in [0.25, 0.3) is 0 Å². The zero-order valence-corrected chi connectivity index (χ0v) is 12.5. The summed E-state index contributed by atoms with van der Waals surface area (Å²) in [6.07, 6.45) is 0. The number of amidine groups is 1. The van der Waals surface area contributed by atoms with Crippen molar-refractivity contribution in [3.8, 4) is 0 Å². The van der Waals surface area contributed by atoms with Crippen molar-refractivity contribution >= 4 is 17.1 Å². The fourth-order valence-electron chi connectivity index (χ4n) is 2.02. The van der Waals surface area contributed by atoms with Gasteiger partial charge < -0.3 is 0 Å². The summed E-state index contributed by atoms with van der Waals surface area (Å²) in [7, 11) is 0. The van der Waals surface area contributed by atoms with Crippen LogP contribution < -0.4 is 0 Å². The Balaban J connectivity index is 3.55. The molecule has 0 radical (unpaired) electrons. The Bertz CT molecular complexity index is 571. The average Bonchev–Trinajstić information content (AvgIpc) is 2.29. The lowest BCUT2D eigenvalue weighted by atomic mass is 9.90. The molecule has 1 aromatic rings. The van der Waals surface area contributed by atoms with Gasteiger partial charge in [-0.25, -0.2) is 4.99 Å². The van der Waals surface area contributed by atoms with Gasteiger partial charge in [0, 0.05) is 5.57 Å². The van der Waals surface area contributed by atoms with E-state index in [0.717, 1.165) is 22.4 Å². The first-order valence-corrected chi connectivity index (χ1v) is 6.38. The van der Waals surface area contributed by atoms with Crippen LogP contribution in [0.2, 0.25) is 0 Å². The van der Waals surface area contributed by atoms with Gasteiger partial charge in [0.05, 0.1) is 5.71 Å². The molecule has 0 bridgehead atoms. The zero-order chi connectivity index (χ0) is 14.6. The molecule has 0 aliphatic heterocycles. The second-order valence-corrected chi connectivity index (χ2v) is 5.02.